The second-order valence-electron chi connectivity index (χ2n) is 6.43. The van der Waals surface area contributed by atoms with Crippen LogP contribution in [0.25, 0.3) is 0 Å². The van der Waals surface area contributed by atoms with Crippen LogP contribution in [0.4, 0.5) is 4.39 Å². The number of aryl methyl sites for hydroxylation is 1. The topological polar surface area (TPSA) is 55.3 Å². The van der Waals surface area contributed by atoms with Crippen molar-refractivity contribution in [1.29, 1.82) is 0 Å². The minimum Gasteiger partial charge on any atom is -0.379 e. The first-order chi connectivity index (χ1) is 12.1. The Hall–Kier alpha value is -2.34. The average Bonchev–Trinajstić information content (AvgIpc) is 2.64. The summed E-state index contributed by atoms with van der Waals surface area (Å²) >= 11 is 0. The highest BCUT2D eigenvalue weighted by Crippen LogP contribution is 2.25. The number of nitrogens with zero attached hydrogens (tertiary/aromatic N) is 3. The number of benzene rings is 1. The number of rotatable bonds is 4. The Balaban J connectivity index is 1.68. The zero-order chi connectivity index (χ0) is 17.8. The van der Waals surface area contributed by atoms with Crippen LogP contribution in [-0.2, 0) is 11.2 Å². The van der Waals surface area contributed by atoms with Gasteiger partial charge in [0.1, 0.15) is 12.1 Å². The third-order valence-corrected chi connectivity index (χ3v) is 4.84. The first-order valence-corrected chi connectivity index (χ1v) is 8.41. The van der Waals surface area contributed by atoms with Crippen LogP contribution >= 0.6 is 0 Å². The smallest absolute Gasteiger partial charge is 0.257 e. The molecule has 0 aliphatic carbocycles. The van der Waals surface area contributed by atoms with Crippen LogP contribution in [0.1, 0.15) is 28.0 Å². The molecule has 0 bridgehead atoms. The van der Waals surface area contributed by atoms with Crippen LogP contribution in [0, 0.1) is 18.7 Å². The van der Waals surface area contributed by atoms with Gasteiger partial charge in [0.25, 0.3) is 5.91 Å². The number of ether oxygens (including phenoxy) is 1. The molecule has 1 amide bonds. The van der Waals surface area contributed by atoms with Crippen LogP contribution in [0.3, 0.4) is 0 Å². The number of halogens is 1. The Bertz CT molecular complexity index is 736. The number of hydrogen-bond acceptors (Lipinski definition) is 4. The van der Waals surface area contributed by atoms with Gasteiger partial charge in [0.05, 0.1) is 17.4 Å². The fourth-order valence-electron chi connectivity index (χ4n) is 3.34. The predicted octanol–water partition coefficient (Wildman–Crippen LogP) is 2.64. The predicted molar refractivity (Wildman–Crippen MR) is 91.7 cm³/mol. The number of amides is 1. The molecule has 1 aromatic carbocycles. The van der Waals surface area contributed by atoms with E-state index in [0.717, 1.165) is 18.4 Å². The molecule has 2 atom stereocenters. The maximum atomic E-state index is 13.1. The van der Waals surface area contributed by atoms with Crippen molar-refractivity contribution in [2.75, 3.05) is 20.2 Å². The third-order valence-electron chi connectivity index (χ3n) is 4.84. The SMILES string of the molecule is CO[C@@H]1CN(C(=O)c2cncnc2C)CC[C@@H]1Cc1ccc(F)cc1. The van der Waals surface area contributed by atoms with E-state index in [0.29, 0.717) is 30.3 Å². The van der Waals surface area contributed by atoms with E-state index in [1.54, 1.807) is 18.2 Å². The molecule has 1 aliphatic heterocycles. The van der Waals surface area contributed by atoms with E-state index in [-0.39, 0.29) is 17.8 Å². The summed E-state index contributed by atoms with van der Waals surface area (Å²) in [5, 5.41) is 0. The molecule has 0 saturated carbocycles. The lowest BCUT2D eigenvalue weighted by atomic mass is 9.87. The fourth-order valence-corrected chi connectivity index (χ4v) is 3.34. The summed E-state index contributed by atoms with van der Waals surface area (Å²) in [4.78, 5) is 22.6. The first kappa shape index (κ1) is 17.5. The van der Waals surface area contributed by atoms with Gasteiger partial charge in [-0.05, 0) is 43.4 Å². The summed E-state index contributed by atoms with van der Waals surface area (Å²) in [6.07, 6.45) is 4.62. The second kappa shape index (κ2) is 7.70. The molecule has 0 spiro atoms. The number of carbonyl (C=O) groups is 1. The van der Waals surface area contributed by atoms with Crippen LogP contribution in [-0.4, -0.2) is 47.1 Å². The van der Waals surface area contributed by atoms with E-state index >= 15 is 0 Å². The number of likely N-dealkylation sites (tertiary alicyclic amines) is 1. The Morgan fingerprint density at radius 3 is 2.80 bits per heavy atom. The molecular formula is C19H22FN3O2. The first-order valence-electron chi connectivity index (χ1n) is 8.41. The molecular weight excluding hydrogens is 321 g/mol. The number of aromatic nitrogens is 2. The molecule has 1 fully saturated rings. The maximum absolute atomic E-state index is 13.1. The minimum absolute atomic E-state index is 0.0484. The van der Waals surface area contributed by atoms with Gasteiger partial charge in [-0.15, -0.1) is 0 Å². The molecule has 2 aromatic rings. The molecule has 1 aromatic heterocycles. The molecule has 1 aliphatic rings. The van der Waals surface area contributed by atoms with Crippen molar-refractivity contribution in [3.05, 3.63) is 59.4 Å². The molecule has 132 valence electrons. The Kier molecular flexibility index (Phi) is 5.38. The Morgan fingerprint density at radius 2 is 2.12 bits per heavy atom. The molecule has 1 saturated heterocycles. The minimum atomic E-state index is -0.229. The van der Waals surface area contributed by atoms with Crippen molar-refractivity contribution in [3.8, 4) is 0 Å². The van der Waals surface area contributed by atoms with Crippen molar-refractivity contribution in [1.82, 2.24) is 14.9 Å². The molecule has 3 rings (SSSR count). The highest BCUT2D eigenvalue weighted by molar-refractivity contribution is 5.95. The van der Waals surface area contributed by atoms with Gasteiger partial charge in [-0.2, -0.15) is 0 Å². The van der Waals surface area contributed by atoms with Crippen molar-refractivity contribution >= 4 is 5.91 Å². The quantitative estimate of drug-likeness (QED) is 0.856. The number of methoxy groups -OCH3 is 1. The van der Waals surface area contributed by atoms with Crippen LogP contribution in [0.2, 0.25) is 0 Å². The summed E-state index contributed by atoms with van der Waals surface area (Å²) in [6.45, 7) is 3.01. The standard InChI is InChI=1S/C19H22FN3O2/c1-13-17(10-21-12-22-13)19(24)23-8-7-15(18(11-23)25-2)9-14-3-5-16(20)6-4-14/h3-6,10,12,15,18H,7-9,11H2,1-2H3/t15-,18-/m1/s1. The highest BCUT2D eigenvalue weighted by Gasteiger charge is 2.32. The van der Waals surface area contributed by atoms with Gasteiger partial charge in [0.2, 0.25) is 0 Å². The monoisotopic (exact) mass is 343 g/mol. The maximum Gasteiger partial charge on any atom is 0.257 e. The summed E-state index contributed by atoms with van der Waals surface area (Å²) in [6, 6.07) is 6.58. The lowest BCUT2D eigenvalue weighted by molar-refractivity contribution is -0.00702. The van der Waals surface area contributed by atoms with Gasteiger partial charge < -0.3 is 9.64 Å². The zero-order valence-corrected chi connectivity index (χ0v) is 14.5. The van der Waals surface area contributed by atoms with Gasteiger partial charge in [-0.25, -0.2) is 14.4 Å². The van der Waals surface area contributed by atoms with Crippen LogP contribution in [0.15, 0.2) is 36.8 Å². The van der Waals surface area contributed by atoms with E-state index in [1.807, 2.05) is 19.1 Å². The largest absolute Gasteiger partial charge is 0.379 e. The molecule has 25 heavy (non-hydrogen) atoms. The van der Waals surface area contributed by atoms with Gasteiger partial charge in [-0.1, -0.05) is 12.1 Å². The summed E-state index contributed by atoms with van der Waals surface area (Å²) in [7, 11) is 1.67. The molecule has 0 N–H and O–H groups in total. The van der Waals surface area contributed by atoms with Crippen molar-refractivity contribution in [2.45, 2.75) is 25.9 Å². The van der Waals surface area contributed by atoms with Gasteiger partial charge in [0, 0.05) is 26.4 Å². The van der Waals surface area contributed by atoms with Crippen molar-refractivity contribution < 1.29 is 13.9 Å². The highest BCUT2D eigenvalue weighted by atomic mass is 19.1. The number of carbonyl (C=O) groups excluding carboxylic acids is 1. The van der Waals surface area contributed by atoms with Crippen LogP contribution in [0.5, 0.6) is 0 Å². The lowest BCUT2D eigenvalue weighted by Crippen LogP contribution is -2.48. The number of hydrogen-bond donors (Lipinski definition) is 0. The van der Waals surface area contributed by atoms with E-state index < -0.39 is 0 Å². The molecule has 0 radical (unpaired) electrons. The third kappa shape index (κ3) is 4.02. The van der Waals surface area contributed by atoms with Gasteiger partial charge in [-0.3, -0.25) is 4.79 Å². The van der Waals surface area contributed by atoms with Crippen LogP contribution < -0.4 is 0 Å². The fraction of sp³-hybridized carbons (Fsp3) is 0.421. The Morgan fingerprint density at radius 1 is 1.36 bits per heavy atom. The average molecular weight is 343 g/mol. The van der Waals surface area contributed by atoms with Crippen molar-refractivity contribution in [2.24, 2.45) is 5.92 Å². The summed E-state index contributed by atoms with van der Waals surface area (Å²) in [5.74, 6) is 0.0147. The zero-order valence-electron chi connectivity index (χ0n) is 14.5. The van der Waals surface area contributed by atoms with Gasteiger partial charge >= 0.3 is 0 Å². The molecule has 2 heterocycles. The Labute approximate surface area is 146 Å². The molecule has 6 heteroatoms. The lowest BCUT2D eigenvalue weighted by Gasteiger charge is -2.38. The van der Waals surface area contributed by atoms with E-state index in [2.05, 4.69) is 9.97 Å². The second-order valence-corrected chi connectivity index (χ2v) is 6.43. The number of piperidine rings is 1. The molecule has 5 nitrogen and oxygen atoms in total. The van der Waals surface area contributed by atoms with E-state index in [4.69, 9.17) is 4.74 Å². The molecule has 0 unspecified atom stereocenters. The van der Waals surface area contributed by atoms with Crippen molar-refractivity contribution in [3.63, 3.8) is 0 Å². The van der Waals surface area contributed by atoms with E-state index in [9.17, 15) is 9.18 Å². The summed E-state index contributed by atoms with van der Waals surface area (Å²) in [5.41, 5.74) is 2.30. The summed E-state index contributed by atoms with van der Waals surface area (Å²) < 4.78 is 18.7. The normalized spacial score (nSPS) is 20.5. The van der Waals surface area contributed by atoms with E-state index in [1.165, 1.54) is 18.5 Å². The van der Waals surface area contributed by atoms with Gasteiger partial charge in [0.15, 0.2) is 0 Å².